The number of nitrogens with one attached hydrogen (secondary N) is 2. The van der Waals surface area contributed by atoms with Crippen molar-refractivity contribution in [3.05, 3.63) is 35.9 Å². The summed E-state index contributed by atoms with van der Waals surface area (Å²) >= 11 is 0. The summed E-state index contributed by atoms with van der Waals surface area (Å²) < 4.78 is 0. The van der Waals surface area contributed by atoms with E-state index in [0.29, 0.717) is 19.6 Å². The fraction of sp³-hybridized carbons (Fsp3) is 0.462. The fourth-order valence-corrected chi connectivity index (χ4v) is 1.98. The van der Waals surface area contributed by atoms with E-state index in [9.17, 15) is 4.79 Å². The molecule has 1 heterocycles. The third kappa shape index (κ3) is 3.80. The van der Waals surface area contributed by atoms with E-state index >= 15 is 0 Å². The molecule has 1 saturated heterocycles. The lowest BCUT2D eigenvalue weighted by Gasteiger charge is -2.27. The lowest BCUT2D eigenvalue weighted by Crippen LogP contribution is -2.50. The monoisotopic (exact) mass is 250 g/mol. The van der Waals surface area contributed by atoms with E-state index in [1.807, 2.05) is 30.3 Å². The van der Waals surface area contributed by atoms with Gasteiger partial charge in [0.2, 0.25) is 0 Å². The second-order valence-corrected chi connectivity index (χ2v) is 4.47. The molecule has 1 aromatic rings. The molecule has 1 aromatic carbocycles. The molecular weight excluding hydrogens is 232 g/mol. The van der Waals surface area contributed by atoms with Crippen LogP contribution in [-0.2, 0) is 16.2 Å². The highest BCUT2D eigenvalue weighted by Gasteiger charge is 2.25. The summed E-state index contributed by atoms with van der Waals surface area (Å²) in [5.74, 6) is -0.779. The molecule has 98 valence electrons. The minimum Gasteiger partial charge on any atom is -0.480 e. The number of rotatable bonds is 5. The summed E-state index contributed by atoms with van der Waals surface area (Å²) in [6.45, 7) is 1.13. The molecule has 2 atom stereocenters. The van der Waals surface area contributed by atoms with Crippen LogP contribution in [0, 0.1) is 0 Å². The van der Waals surface area contributed by atoms with Gasteiger partial charge in [-0.15, -0.1) is 0 Å². The molecule has 0 aromatic heterocycles. The summed E-state index contributed by atoms with van der Waals surface area (Å²) in [6, 6.07) is 9.66. The molecule has 1 aliphatic rings. The third-order valence-electron chi connectivity index (χ3n) is 3.04. The van der Waals surface area contributed by atoms with Gasteiger partial charge in [-0.3, -0.25) is 9.63 Å². The van der Waals surface area contributed by atoms with Gasteiger partial charge in [0, 0.05) is 12.6 Å². The maximum absolute atomic E-state index is 10.7. The maximum Gasteiger partial charge on any atom is 0.320 e. The molecule has 0 aliphatic carbocycles. The van der Waals surface area contributed by atoms with E-state index in [0.717, 1.165) is 12.0 Å². The van der Waals surface area contributed by atoms with Crippen LogP contribution in [0.15, 0.2) is 30.3 Å². The molecule has 18 heavy (non-hydrogen) atoms. The van der Waals surface area contributed by atoms with Crippen molar-refractivity contribution < 1.29 is 14.7 Å². The van der Waals surface area contributed by atoms with Gasteiger partial charge < -0.3 is 10.4 Å². The summed E-state index contributed by atoms with van der Waals surface area (Å²) in [4.78, 5) is 16.2. The van der Waals surface area contributed by atoms with Crippen LogP contribution in [0.2, 0.25) is 0 Å². The van der Waals surface area contributed by atoms with Crippen molar-refractivity contribution >= 4 is 5.97 Å². The summed E-state index contributed by atoms with van der Waals surface area (Å²) in [6.07, 6.45) is 1.43. The van der Waals surface area contributed by atoms with Crippen LogP contribution < -0.4 is 10.8 Å². The van der Waals surface area contributed by atoms with E-state index in [1.54, 1.807) is 0 Å². The standard InChI is InChI=1S/C13H18N2O3/c16-13(17)12-7-6-11(8-14-12)15-18-9-10-4-2-1-3-5-10/h1-5,11-12,14-15H,6-9H2,(H,16,17). The second-order valence-electron chi connectivity index (χ2n) is 4.47. The smallest absolute Gasteiger partial charge is 0.320 e. The zero-order chi connectivity index (χ0) is 12.8. The topological polar surface area (TPSA) is 70.6 Å². The Hall–Kier alpha value is -1.43. The normalized spacial score (nSPS) is 23.8. The van der Waals surface area contributed by atoms with Crippen LogP contribution in [0.1, 0.15) is 18.4 Å². The van der Waals surface area contributed by atoms with E-state index < -0.39 is 12.0 Å². The Labute approximate surface area is 106 Å². The number of carboxylic acids is 1. The Balaban J connectivity index is 1.65. The Morgan fingerprint density at radius 3 is 2.78 bits per heavy atom. The molecule has 3 N–H and O–H groups in total. The molecule has 5 nitrogen and oxygen atoms in total. The van der Waals surface area contributed by atoms with Crippen LogP contribution >= 0.6 is 0 Å². The lowest BCUT2D eigenvalue weighted by molar-refractivity contribution is -0.140. The van der Waals surface area contributed by atoms with Crippen LogP contribution in [-0.4, -0.2) is 29.7 Å². The Morgan fingerprint density at radius 2 is 2.17 bits per heavy atom. The van der Waals surface area contributed by atoms with Crippen LogP contribution in [0.3, 0.4) is 0 Å². The first-order valence-corrected chi connectivity index (χ1v) is 6.13. The van der Waals surface area contributed by atoms with Crippen LogP contribution in [0.4, 0.5) is 0 Å². The summed E-state index contributed by atoms with van der Waals surface area (Å²) in [5.41, 5.74) is 4.08. The van der Waals surface area contributed by atoms with Gasteiger partial charge in [0.05, 0.1) is 6.61 Å². The molecule has 2 rings (SSSR count). The zero-order valence-corrected chi connectivity index (χ0v) is 10.1. The van der Waals surface area contributed by atoms with E-state index in [4.69, 9.17) is 9.94 Å². The van der Waals surface area contributed by atoms with Crippen molar-refractivity contribution in [3.8, 4) is 0 Å². The maximum atomic E-state index is 10.7. The number of hydroxylamine groups is 1. The molecule has 0 radical (unpaired) electrons. The SMILES string of the molecule is O=C(O)C1CCC(NOCc2ccccc2)CN1. The van der Waals surface area contributed by atoms with E-state index in [-0.39, 0.29) is 6.04 Å². The van der Waals surface area contributed by atoms with Gasteiger partial charge in [-0.25, -0.2) is 0 Å². The van der Waals surface area contributed by atoms with Crippen molar-refractivity contribution in [2.75, 3.05) is 6.54 Å². The van der Waals surface area contributed by atoms with Crippen LogP contribution in [0.5, 0.6) is 0 Å². The van der Waals surface area contributed by atoms with Crippen molar-refractivity contribution in [1.82, 2.24) is 10.8 Å². The molecule has 1 fully saturated rings. The van der Waals surface area contributed by atoms with E-state index in [1.165, 1.54) is 0 Å². The van der Waals surface area contributed by atoms with Crippen molar-refractivity contribution in [3.63, 3.8) is 0 Å². The number of benzene rings is 1. The van der Waals surface area contributed by atoms with Gasteiger partial charge in [-0.2, -0.15) is 5.48 Å². The predicted molar refractivity (Wildman–Crippen MR) is 66.8 cm³/mol. The van der Waals surface area contributed by atoms with E-state index in [2.05, 4.69) is 10.8 Å². The average Bonchev–Trinajstić information content (AvgIpc) is 2.40. The highest BCUT2D eigenvalue weighted by molar-refractivity contribution is 5.73. The fourth-order valence-electron chi connectivity index (χ4n) is 1.98. The molecule has 1 aliphatic heterocycles. The molecule has 2 unspecified atom stereocenters. The third-order valence-corrected chi connectivity index (χ3v) is 3.04. The molecule has 0 saturated carbocycles. The average molecular weight is 250 g/mol. The number of carboxylic acid groups (broad SMARTS) is 1. The Morgan fingerprint density at radius 1 is 1.39 bits per heavy atom. The number of carbonyl (C=O) groups is 1. The first kappa shape index (κ1) is 13.0. The summed E-state index contributed by atoms with van der Waals surface area (Å²) in [7, 11) is 0. The molecule has 0 amide bonds. The van der Waals surface area contributed by atoms with Crippen molar-refractivity contribution in [2.45, 2.75) is 31.5 Å². The van der Waals surface area contributed by atoms with Gasteiger partial charge in [0.25, 0.3) is 0 Å². The number of hydrogen-bond donors (Lipinski definition) is 3. The van der Waals surface area contributed by atoms with Gasteiger partial charge in [-0.05, 0) is 18.4 Å². The number of piperidine rings is 1. The predicted octanol–water partition coefficient (Wildman–Crippen LogP) is 0.913. The minimum atomic E-state index is -0.779. The highest BCUT2D eigenvalue weighted by atomic mass is 16.6. The first-order chi connectivity index (χ1) is 8.75. The number of hydrogen-bond acceptors (Lipinski definition) is 4. The lowest BCUT2D eigenvalue weighted by atomic mass is 10.0. The first-order valence-electron chi connectivity index (χ1n) is 6.13. The zero-order valence-electron chi connectivity index (χ0n) is 10.1. The Kier molecular flexibility index (Phi) is 4.69. The van der Waals surface area contributed by atoms with Crippen molar-refractivity contribution in [1.29, 1.82) is 0 Å². The van der Waals surface area contributed by atoms with Crippen LogP contribution in [0.25, 0.3) is 0 Å². The van der Waals surface area contributed by atoms with Crippen molar-refractivity contribution in [2.24, 2.45) is 0 Å². The highest BCUT2D eigenvalue weighted by Crippen LogP contribution is 2.09. The summed E-state index contributed by atoms with van der Waals surface area (Å²) in [5, 5.41) is 11.8. The molecular formula is C13H18N2O3. The second kappa shape index (κ2) is 6.49. The largest absolute Gasteiger partial charge is 0.480 e. The Bertz CT molecular complexity index is 375. The molecule has 0 spiro atoms. The van der Waals surface area contributed by atoms with Gasteiger partial charge >= 0.3 is 5.97 Å². The van der Waals surface area contributed by atoms with Gasteiger partial charge in [0.1, 0.15) is 6.04 Å². The molecule has 0 bridgehead atoms. The van der Waals surface area contributed by atoms with Gasteiger partial charge in [-0.1, -0.05) is 30.3 Å². The minimum absolute atomic E-state index is 0.171. The molecule has 5 heteroatoms. The quantitative estimate of drug-likeness (QED) is 0.678. The van der Waals surface area contributed by atoms with Gasteiger partial charge in [0.15, 0.2) is 0 Å². The number of aliphatic carboxylic acids is 1.